The number of fused-ring (bicyclic) bond motifs is 3. The lowest BCUT2D eigenvalue weighted by Gasteiger charge is -2.37. The third kappa shape index (κ3) is 9.67. The Hall–Kier alpha value is -6.76. The van der Waals surface area contributed by atoms with Gasteiger partial charge in [-0.05, 0) is 119 Å². The van der Waals surface area contributed by atoms with Crippen LogP contribution >= 0.6 is 23.2 Å². The van der Waals surface area contributed by atoms with E-state index in [-0.39, 0.29) is 37.1 Å². The number of pyridine rings is 1. The number of carboxylic acid groups (broad SMARTS) is 1. The van der Waals surface area contributed by atoms with Crippen LogP contribution in [0.5, 0.6) is 17.2 Å². The summed E-state index contributed by atoms with van der Waals surface area (Å²) in [6, 6.07) is 26.8. The molecule has 3 atom stereocenters. The van der Waals surface area contributed by atoms with E-state index >= 15 is 0 Å². The van der Waals surface area contributed by atoms with E-state index < -0.39 is 6.04 Å². The number of ether oxygens (including phenoxy) is 3. The number of allylic oxidation sites excluding steroid dienone is 2. The van der Waals surface area contributed by atoms with Crippen molar-refractivity contribution >= 4 is 41.5 Å². The zero-order chi connectivity index (χ0) is 44.0. The predicted molar refractivity (Wildman–Crippen MR) is 240 cm³/mol. The monoisotopic (exact) mass is 885 g/mol. The van der Waals surface area contributed by atoms with Crippen LogP contribution in [0.25, 0.3) is 11.1 Å². The first-order valence-corrected chi connectivity index (χ1v) is 21.2. The second kappa shape index (κ2) is 19.1. The van der Waals surface area contributed by atoms with Crippen LogP contribution in [0.4, 0.5) is 0 Å². The normalized spacial score (nSPS) is 17.9. The molecule has 2 amide bonds. The fourth-order valence-corrected chi connectivity index (χ4v) is 8.28. The van der Waals surface area contributed by atoms with Gasteiger partial charge in [0.1, 0.15) is 36.9 Å². The average molecular weight is 887 g/mol. The van der Waals surface area contributed by atoms with Crippen LogP contribution in [0.1, 0.15) is 45.2 Å². The Morgan fingerprint density at radius 2 is 1.71 bits per heavy atom. The first-order chi connectivity index (χ1) is 30.6. The van der Waals surface area contributed by atoms with Crippen molar-refractivity contribution in [2.45, 2.75) is 58.2 Å². The molecule has 0 bridgehead atoms. The number of aromatic nitrogens is 1. The predicted octanol–water partition coefficient (Wildman–Crippen LogP) is 8.23. The summed E-state index contributed by atoms with van der Waals surface area (Å²) in [5.41, 5.74) is 9.68. The van der Waals surface area contributed by atoms with Gasteiger partial charge < -0.3 is 39.8 Å². The van der Waals surface area contributed by atoms with Crippen molar-refractivity contribution < 1.29 is 33.7 Å². The number of carbonyl (C=O) groups excluding carboxylic acids is 2. The largest absolute Gasteiger partial charge is 0.489 e. The van der Waals surface area contributed by atoms with Crippen molar-refractivity contribution in [2.75, 3.05) is 13.2 Å². The van der Waals surface area contributed by atoms with Gasteiger partial charge in [-0.2, -0.15) is 0 Å². The van der Waals surface area contributed by atoms with Gasteiger partial charge in [0.15, 0.2) is 17.6 Å². The first-order valence-electron chi connectivity index (χ1n) is 20.5. The summed E-state index contributed by atoms with van der Waals surface area (Å²) >= 11 is 12.2. The zero-order valence-electron chi connectivity index (χ0n) is 34.6. The highest BCUT2D eigenvalue weighted by atomic mass is 35.5. The van der Waals surface area contributed by atoms with E-state index in [1.54, 1.807) is 23.2 Å². The highest BCUT2D eigenvalue weighted by molar-refractivity contribution is 6.42. The van der Waals surface area contributed by atoms with Crippen molar-refractivity contribution in [3.8, 4) is 28.4 Å². The van der Waals surface area contributed by atoms with Gasteiger partial charge in [0.25, 0.3) is 12.4 Å². The summed E-state index contributed by atoms with van der Waals surface area (Å²) in [6.07, 6.45) is 11.9. The molecule has 12 nitrogen and oxygen atoms in total. The van der Waals surface area contributed by atoms with Gasteiger partial charge in [0.2, 0.25) is 5.91 Å². The van der Waals surface area contributed by atoms with Gasteiger partial charge in [-0.15, -0.1) is 0 Å². The fourth-order valence-electron chi connectivity index (χ4n) is 7.96. The van der Waals surface area contributed by atoms with Gasteiger partial charge in [-0.1, -0.05) is 71.7 Å². The highest BCUT2D eigenvalue weighted by Gasteiger charge is 2.39. The van der Waals surface area contributed by atoms with Gasteiger partial charge in [0, 0.05) is 43.8 Å². The third-order valence-corrected chi connectivity index (χ3v) is 12.2. The Bertz CT molecular complexity index is 2610. The third-order valence-electron chi connectivity index (χ3n) is 11.5. The number of benzene rings is 4. The van der Waals surface area contributed by atoms with E-state index in [1.165, 1.54) is 0 Å². The van der Waals surface area contributed by atoms with E-state index in [4.69, 9.17) is 47.3 Å². The number of hydrogen-bond donors (Lipinski definition) is 3. The molecule has 3 unspecified atom stereocenters. The van der Waals surface area contributed by atoms with E-state index in [1.807, 2.05) is 91.0 Å². The molecular formula is C49H45Cl2N5O7. The van der Waals surface area contributed by atoms with Crippen LogP contribution in [-0.2, 0) is 40.4 Å². The molecule has 63 heavy (non-hydrogen) atoms. The zero-order valence-corrected chi connectivity index (χ0v) is 36.1. The Kier molecular flexibility index (Phi) is 13.0. The first kappa shape index (κ1) is 42.9. The van der Waals surface area contributed by atoms with Crippen LogP contribution in [0, 0.1) is 13.8 Å². The highest BCUT2D eigenvalue weighted by Crippen LogP contribution is 2.41. The molecule has 14 heteroatoms. The number of rotatable bonds is 10. The molecule has 0 saturated heterocycles. The Morgan fingerprint density at radius 1 is 0.952 bits per heavy atom. The Balaban J connectivity index is 0.00000177. The molecule has 4 aliphatic rings. The lowest BCUT2D eigenvalue weighted by molar-refractivity contribution is -0.139. The van der Waals surface area contributed by atoms with Crippen LogP contribution in [-0.4, -0.2) is 63.5 Å². The minimum atomic E-state index is -0.732. The molecule has 1 aromatic heterocycles. The van der Waals surface area contributed by atoms with Gasteiger partial charge in [-0.25, -0.2) is 0 Å². The van der Waals surface area contributed by atoms with Crippen molar-refractivity contribution in [3.05, 3.63) is 177 Å². The van der Waals surface area contributed by atoms with E-state index in [9.17, 15) is 9.59 Å². The Labute approximate surface area is 375 Å². The van der Waals surface area contributed by atoms with Gasteiger partial charge in [0.05, 0.1) is 10.0 Å². The van der Waals surface area contributed by atoms with Crippen molar-refractivity contribution in [2.24, 2.45) is 0 Å². The molecule has 4 aromatic carbocycles. The number of hydrogen-bond acceptors (Lipinski definition) is 9. The number of carbonyl (C=O) groups is 3. The molecule has 0 aliphatic carbocycles. The molecule has 9 rings (SSSR count). The summed E-state index contributed by atoms with van der Waals surface area (Å²) in [6.45, 7) is 5.17. The molecule has 0 radical (unpaired) electrons. The van der Waals surface area contributed by atoms with Crippen molar-refractivity contribution in [1.82, 2.24) is 25.4 Å². The molecule has 3 N–H and O–H groups in total. The molecule has 0 spiro atoms. The van der Waals surface area contributed by atoms with Crippen LogP contribution in [0.15, 0.2) is 127 Å². The minimum Gasteiger partial charge on any atom is -0.489 e. The van der Waals surface area contributed by atoms with Crippen molar-refractivity contribution in [1.29, 1.82) is 0 Å². The average Bonchev–Trinajstić information content (AvgIpc) is 3.74. The maximum absolute atomic E-state index is 14.3. The number of amides is 2. The van der Waals surface area contributed by atoms with E-state index in [0.717, 1.165) is 50.2 Å². The molecule has 0 saturated carbocycles. The number of nitrogens with zero attached hydrogens (tertiary/aromatic N) is 3. The SMILES string of the molecule is Cc1nccc(-c2ccc(CCNC(=O)C3Cc4cc5c(cc4CN3C(=O)C3=CN4C=CC=CC4N3)OC(c3ccc(OCc4ccc(Cl)c(Cl)c4)cc3)CO5)cc2)c1C.O=CO. The van der Waals surface area contributed by atoms with Gasteiger partial charge in [-0.3, -0.25) is 19.4 Å². The molecule has 322 valence electrons. The molecule has 5 aromatic rings. The number of nitrogens with one attached hydrogen (secondary N) is 2. The molecular weight excluding hydrogens is 841 g/mol. The quantitative estimate of drug-likeness (QED) is 0.118. The summed E-state index contributed by atoms with van der Waals surface area (Å²) < 4.78 is 18.8. The fraction of sp³-hybridized carbons (Fsp3) is 0.224. The summed E-state index contributed by atoms with van der Waals surface area (Å²) in [7, 11) is 0. The summed E-state index contributed by atoms with van der Waals surface area (Å²) in [4.78, 5) is 44.8. The lowest BCUT2D eigenvalue weighted by atomic mass is 9.92. The summed E-state index contributed by atoms with van der Waals surface area (Å²) in [5.74, 6) is 1.45. The second-order valence-corrected chi connectivity index (χ2v) is 16.3. The second-order valence-electron chi connectivity index (χ2n) is 15.5. The maximum atomic E-state index is 14.3. The lowest BCUT2D eigenvalue weighted by Crippen LogP contribution is -2.54. The van der Waals surface area contributed by atoms with Gasteiger partial charge >= 0.3 is 0 Å². The topological polar surface area (TPSA) is 143 Å². The maximum Gasteiger partial charge on any atom is 0.290 e. The molecule has 0 fully saturated rings. The van der Waals surface area contributed by atoms with Crippen molar-refractivity contribution in [3.63, 3.8) is 0 Å². The van der Waals surface area contributed by atoms with E-state index in [0.29, 0.717) is 65.6 Å². The number of halogens is 2. The smallest absolute Gasteiger partial charge is 0.290 e. The summed E-state index contributed by atoms with van der Waals surface area (Å²) in [5, 5.41) is 14.3. The van der Waals surface area contributed by atoms with E-state index in [2.05, 4.69) is 46.8 Å². The Morgan fingerprint density at radius 3 is 2.48 bits per heavy atom. The minimum absolute atomic E-state index is 0.158. The van der Waals surface area contributed by atoms with Crippen LogP contribution in [0.2, 0.25) is 10.0 Å². The standard InChI is InChI=1S/C48H43Cl2N5O5.CH2O2/c1-29-30(2)51-19-17-38(29)33-9-6-31(7-10-33)16-18-52-47(56)42-22-35-23-43-44(24-36(35)25-55(42)48(57)41-26-54-20-4-3-5-46(54)53-41)60-45(28-59-43)34-11-13-37(14-12-34)58-27-32-8-15-39(49)40(50)21-32;2-1-3/h3-15,17,19-21,23-24,26,42,45-46,53H,16,18,22,25,27-28H2,1-2H3,(H,52,56);1H,(H,2,3). The number of aryl methyl sites for hydroxylation is 1. The van der Waals surface area contributed by atoms with Crippen LogP contribution < -0.4 is 24.8 Å². The molecule has 5 heterocycles. The molecule has 4 aliphatic heterocycles. The van der Waals surface area contributed by atoms with Crippen LogP contribution in [0.3, 0.4) is 0 Å².